The fourth-order valence-corrected chi connectivity index (χ4v) is 5.85. The summed E-state index contributed by atoms with van der Waals surface area (Å²) in [6.07, 6.45) is 4.05. The number of aliphatic hydroxyl groups is 1. The molecule has 1 aromatic heterocycles. The standard InChI is InChI=1S/C28H29I2N3O.2ClH/c29-22-8-10-27-25(17-22)26-18-23(30)9-11-28(26)33(27)20-24(34)19-32-15-13-31(14-16-32)12-4-7-21-5-2-1-3-6-21;;/h1-11,17-18,24,34H,12-16,19-20H2;2*1H. The smallest absolute Gasteiger partial charge is 0.0845 e. The van der Waals surface area contributed by atoms with E-state index >= 15 is 0 Å². The zero-order chi connectivity index (χ0) is 23.5. The summed E-state index contributed by atoms with van der Waals surface area (Å²) in [6.45, 7) is 6.38. The molecule has 4 aromatic rings. The topological polar surface area (TPSA) is 31.6 Å². The third-order valence-electron chi connectivity index (χ3n) is 6.59. The van der Waals surface area contributed by atoms with Gasteiger partial charge < -0.3 is 9.67 Å². The van der Waals surface area contributed by atoms with Crippen molar-refractivity contribution in [2.24, 2.45) is 0 Å². The number of aliphatic hydroxyl groups excluding tert-OH is 1. The minimum atomic E-state index is -0.401. The van der Waals surface area contributed by atoms with Gasteiger partial charge in [0.05, 0.1) is 12.6 Å². The Morgan fingerprint density at radius 3 is 1.89 bits per heavy atom. The van der Waals surface area contributed by atoms with Gasteiger partial charge in [0.15, 0.2) is 0 Å². The molecule has 1 saturated heterocycles. The lowest BCUT2D eigenvalue weighted by Gasteiger charge is -2.35. The van der Waals surface area contributed by atoms with Crippen molar-refractivity contribution in [3.05, 3.63) is 85.5 Å². The van der Waals surface area contributed by atoms with Gasteiger partial charge in [0, 0.05) is 68.2 Å². The van der Waals surface area contributed by atoms with Crippen molar-refractivity contribution in [2.75, 3.05) is 39.3 Å². The van der Waals surface area contributed by atoms with Gasteiger partial charge in [-0.25, -0.2) is 0 Å². The quantitative estimate of drug-likeness (QED) is 0.218. The number of β-amino-alcohol motifs (C(OH)–C–C–N with tert-alkyl or cyclic N) is 1. The molecule has 36 heavy (non-hydrogen) atoms. The van der Waals surface area contributed by atoms with Gasteiger partial charge in [-0.3, -0.25) is 9.80 Å². The first kappa shape index (κ1) is 29.7. The molecule has 0 aliphatic carbocycles. The van der Waals surface area contributed by atoms with Gasteiger partial charge in [-0.15, -0.1) is 24.8 Å². The lowest BCUT2D eigenvalue weighted by molar-refractivity contribution is 0.0688. The Hall–Kier alpha value is -0.880. The minimum Gasteiger partial charge on any atom is -0.390 e. The summed E-state index contributed by atoms with van der Waals surface area (Å²) in [6, 6.07) is 23.7. The summed E-state index contributed by atoms with van der Waals surface area (Å²) < 4.78 is 4.77. The Bertz CT molecular complexity index is 1250. The van der Waals surface area contributed by atoms with Gasteiger partial charge in [0.1, 0.15) is 0 Å². The van der Waals surface area contributed by atoms with Crippen molar-refractivity contribution in [3.8, 4) is 0 Å². The Kier molecular flexibility index (Phi) is 11.4. The highest BCUT2D eigenvalue weighted by atomic mass is 127. The molecule has 0 saturated carbocycles. The SMILES string of the molecule is Cl.Cl.OC(CN1CCN(CC=Cc2ccccc2)CC1)Cn1c2ccc(I)cc2c2cc(I)ccc21. The van der Waals surface area contributed by atoms with Crippen LogP contribution in [-0.2, 0) is 6.54 Å². The van der Waals surface area contributed by atoms with Crippen LogP contribution in [0.5, 0.6) is 0 Å². The van der Waals surface area contributed by atoms with Crippen LogP contribution in [0.4, 0.5) is 0 Å². The lowest BCUT2D eigenvalue weighted by atomic mass is 10.2. The third kappa shape index (κ3) is 7.15. The maximum Gasteiger partial charge on any atom is 0.0845 e. The van der Waals surface area contributed by atoms with Gasteiger partial charge in [-0.1, -0.05) is 42.5 Å². The van der Waals surface area contributed by atoms with E-state index in [1.807, 2.05) is 6.07 Å². The molecule has 1 N–H and O–H groups in total. The monoisotopic (exact) mass is 749 g/mol. The normalized spacial score (nSPS) is 15.8. The maximum absolute atomic E-state index is 11.0. The molecule has 1 aliphatic heterocycles. The van der Waals surface area contributed by atoms with E-state index < -0.39 is 6.10 Å². The lowest BCUT2D eigenvalue weighted by Crippen LogP contribution is -2.48. The molecular weight excluding hydrogens is 719 g/mol. The van der Waals surface area contributed by atoms with Gasteiger partial charge in [0.2, 0.25) is 0 Å². The van der Waals surface area contributed by atoms with Gasteiger partial charge in [-0.2, -0.15) is 0 Å². The highest BCUT2D eigenvalue weighted by Gasteiger charge is 2.20. The molecule has 1 fully saturated rings. The van der Waals surface area contributed by atoms with Crippen LogP contribution < -0.4 is 0 Å². The highest BCUT2D eigenvalue weighted by Crippen LogP contribution is 2.31. The van der Waals surface area contributed by atoms with Crippen LogP contribution in [0.1, 0.15) is 5.56 Å². The molecule has 1 unspecified atom stereocenters. The Labute approximate surface area is 252 Å². The average molecular weight is 750 g/mol. The third-order valence-corrected chi connectivity index (χ3v) is 7.93. The molecule has 0 amide bonds. The predicted octanol–water partition coefficient (Wildman–Crippen LogP) is 6.54. The highest BCUT2D eigenvalue weighted by molar-refractivity contribution is 14.1. The Morgan fingerprint density at radius 1 is 0.750 bits per heavy atom. The molecule has 4 nitrogen and oxygen atoms in total. The average Bonchev–Trinajstić information content (AvgIpc) is 3.12. The number of benzene rings is 3. The number of nitrogens with zero attached hydrogens (tertiary/aromatic N) is 3. The number of hydrogen-bond acceptors (Lipinski definition) is 3. The largest absolute Gasteiger partial charge is 0.390 e. The van der Waals surface area contributed by atoms with Gasteiger partial charge >= 0.3 is 0 Å². The molecule has 2 heterocycles. The number of piperazine rings is 1. The molecule has 0 bridgehead atoms. The number of fused-ring (bicyclic) bond motifs is 3. The predicted molar refractivity (Wildman–Crippen MR) is 174 cm³/mol. The summed E-state index contributed by atoms with van der Waals surface area (Å²) in [7, 11) is 0. The van der Waals surface area contributed by atoms with Crippen LogP contribution in [0.25, 0.3) is 27.9 Å². The second-order valence-corrected chi connectivity index (χ2v) is 11.5. The molecule has 3 aromatic carbocycles. The molecule has 8 heteroatoms. The van der Waals surface area contributed by atoms with E-state index in [9.17, 15) is 5.11 Å². The maximum atomic E-state index is 11.0. The van der Waals surface area contributed by atoms with E-state index in [2.05, 4.69) is 132 Å². The minimum absolute atomic E-state index is 0. The molecule has 0 spiro atoms. The van der Waals surface area contributed by atoms with Crippen LogP contribution in [0.15, 0.2) is 72.8 Å². The Balaban J connectivity index is 0.00000180. The molecule has 1 atom stereocenters. The van der Waals surface area contributed by atoms with E-state index in [0.717, 1.165) is 32.7 Å². The van der Waals surface area contributed by atoms with Crippen LogP contribution in [0.3, 0.4) is 0 Å². The number of halogens is 4. The van der Waals surface area contributed by atoms with Crippen LogP contribution in [0, 0.1) is 7.14 Å². The molecule has 0 radical (unpaired) electrons. The van der Waals surface area contributed by atoms with E-state index in [0.29, 0.717) is 13.1 Å². The molecule has 1 aliphatic rings. The zero-order valence-electron chi connectivity index (χ0n) is 19.9. The summed E-state index contributed by atoms with van der Waals surface area (Å²) in [4.78, 5) is 4.89. The van der Waals surface area contributed by atoms with Crippen LogP contribution in [0.2, 0.25) is 0 Å². The summed E-state index contributed by atoms with van der Waals surface area (Å²) in [5.41, 5.74) is 3.65. The molecular formula is C28H31Cl2I2N3O. The molecule has 192 valence electrons. The summed E-state index contributed by atoms with van der Waals surface area (Å²) >= 11 is 4.76. The van der Waals surface area contributed by atoms with Crippen LogP contribution >= 0.6 is 70.0 Å². The van der Waals surface area contributed by atoms with Crippen molar-refractivity contribution < 1.29 is 5.11 Å². The fraction of sp³-hybridized carbons (Fsp3) is 0.286. The van der Waals surface area contributed by atoms with Crippen molar-refractivity contribution >= 4 is 97.9 Å². The number of rotatable bonds is 7. The van der Waals surface area contributed by atoms with E-state index in [1.54, 1.807) is 0 Å². The van der Waals surface area contributed by atoms with Gasteiger partial charge in [-0.05, 0) is 87.1 Å². The van der Waals surface area contributed by atoms with E-state index in [4.69, 9.17) is 0 Å². The molecule has 5 rings (SSSR count). The zero-order valence-corrected chi connectivity index (χ0v) is 25.8. The fourth-order valence-electron chi connectivity index (χ4n) is 4.87. The van der Waals surface area contributed by atoms with Crippen molar-refractivity contribution in [2.45, 2.75) is 12.6 Å². The van der Waals surface area contributed by atoms with Crippen LogP contribution in [-0.4, -0.2) is 64.8 Å². The first-order valence-corrected chi connectivity index (χ1v) is 13.9. The number of hydrogen-bond donors (Lipinski definition) is 1. The summed E-state index contributed by atoms with van der Waals surface area (Å²) in [5, 5.41) is 13.6. The second-order valence-electron chi connectivity index (χ2n) is 9.00. The van der Waals surface area contributed by atoms with E-state index in [-0.39, 0.29) is 24.8 Å². The van der Waals surface area contributed by atoms with Crippen molar-refractivity contribution in [3.63, 3.8) is 0 Å². The van der Waals surface area contributed by atoms with E-state index in [1.165, 1.54) is 34.5 Å². The van der Waals surface area contributed by atoms with Gasteiger partial charge in [0.25, 0.3) is 0 Å². The first-order chi connectivity index (χ1) is 16.6. The Morgan fingerprint density at radius 2 is 1.31 bits per heavy atom. The number of aromatic nitrogens is 1. The van der Waals surface area contributed by atoms with Crippen molar-refractivity contribution in [1.82, 2.24) is 14.4 Å². The summed E-state index contributed by atoms with van der Waals surface area (Å²) in [5.74, 6) is 0. The first-order valence-electron chi connectivity index (χ1n) is 11.8. The van der Waals surface area contributed by atoms with Crippen molar-refractivity contribution in [1.29, 1.82) is 0 Å². The second kappa shape index (κ2) is 13.8.